The number of amides is 2. The number of imidazole rings is 1. The average molecular weight is 532 g/mol. The van der Waals surface area contributed by atoms with Gasteiger partial charge in [0.2, 0.25) is 5.91 Å². The Morgan fingerprint density at radius 1 is 1.26 bits per heavy atom. The van der Waals surface area contributed by atoms with E-state index in [4.69, 9.17) is 15.5 Å². The number of carbonyl (C=O) groups excluding carboxylic acids is 2. The van der Waals surface area contributed by atoms with Crippen LogP contribution in [0.3, 0.4) is 0 Å². The molecule has 5 heterocycles. The first kappa shape index (κ1) is 24.4. The summed E-state index contributed by atoms with van der Waals surface area (Å²) in [7, 11) is 0. The van der Waals surface area contributed by atoms with Gasteiger partial charge in [-0.05, 0) is 51.3 Å². The van der Waals surface area contributed by atoms with E-state index in [-0.39, 0.29) is 17.7 Å². The van der Waals surface area contributed by atoms with Crippen LogP contribution in [0.25, 0.3) is 16.8 Å². The molecule has 0 unspecified atom stereocenters. The van der Waals surface area contributed by atoms with Crippen molar-refractivity contribution in [3.05, 3.63) is 53.1 Å². The SMILES string of the molecule is CCOc1cc(C(=O)Nc2ncc(C)s2)ccc1-c1nc([C@@H]2CC[C@H]3CCC(=O)N3C2)n2ccnc(N)c12. The Morgan fingerprint density at radius 3 is 2.92 bits per heavy atom. The minimum Gasteiger partial charge on any atom is -0.493 e. The van der Waals surface area contributed by atoms with E-state index >= 15 is 0 Å². The zero-order valence-electron chi connectivity index (χ0n) is 21.3. The monoisotopic (exact) mass is 531 g/mol. The van der Waals surface area contributed by atoms with Crippen molar-refractivity contribution in [3.63, 3.8) is 0 Å². The van der Waals surface area contributed by atoms with Gasteiger partial charge in [0.25, 0.3) is 5.91 Å². The standard InChI is InChI=1S/C27H29N7O3S/c1-3-37-20-12-16(26(36)32-27-30-13-15(2)38-27)5-8-19(20)22-23-24(28)29-10-11-33(23)25(31-22)17-4-6-18-7-9-21(35)34(18)14-17/h5,8,10-13,17-18H,3-4,6-7,9,14H2,1-2H3,(H2,28,29)(H,30,32,36)/t17-,18+/m1/s1. The normalized spacial score (nSPS) is 19.1. The molecule has 0 bridgehead atoms. The third-order valence-electron chi connectivity index (χ3n) is 7.33. The van der Waals surface area contributed by atoms with Crippen LogP contribution in [-0.2, 0) is 4.79 Å². The van der Waals surface area contributed by atoms with Crippen molar-refractivity contribution >= 4 is 39.6 Å². The number of hydrogen-bond acceptors (Lipinski definition) is 8. The highest BCUT2D eigenvalue weighted by molar-refractivity contribution is 7.15. The van der Waals surface area contributed by atoms with Crippen molar-refractivity contribution in [1.29, 1.82) is 0 Å². The molecule has 3 aromatic heterocycles. The Labute approximate surface area is 223 Å². The van der Waals surface area contributed by atoms with Crippen LogP contribution in [-0.4, -0.2) is 55.3 Å². The zero-order valence-corrected chi connectivity index (χ0v) is 22.1. The molecule has 0 spiro atoms. The lowest BCUT2D eigenvalue weighted by atomic mass is 9.92. The summed E-state index contributed by atoms with van der Waals surface area (Å²) in [6.07, 6.45) is 8.74. The number of aromatic nitrogens is 4. The number of nitrogens with two attached hydrogens (primary N) is 1. The second-order valence-corrected chi connectivity index (χ2v) is 11.0. The summed E-state index contributed by atoms with van der Waals surface area (Å²) in [5, 5.41) is 3.39. The van der Waals surface area contributed by atoms with E-state index < -0.39 is 0 Å². The summed E-state index contributed by atoms with van der Waals surface area (Å²) < 4.78 is 7.98. The average Bonchev–Trinajstić information content (AvgIpc) is 3.61. The predicted octanol–water partition coefficient (Wildman–Crippen LogP) is 4.26. The molecule has 2 atom stereocenters. The van der Waals surface area contributed by atoms with Gasteiger partial charge in [0, 0.05) is 59.5 Å². The molecule has 2 saturated heterocycles. The molecule has 3 N–H and O–H groups in total. The van der Waals surface area contributed by atoms with Crippen molar-refractivity contribution in [2.75, 3.05) is 24.2 Å². The van der Waals surface area contributed by atoms with Gasteiger partial charge in [-0.1, -0.05) is 0 Å². The quantitative estimate of drug-likeness (QED) is 0.380. The molecule has 38 heavy (non-hydrogen) atoms. The van der Waals surface area contributed by atoms with E-state index in [2.05, 4.69) is 15.3 Å². The van der Waals surface area contributed by atoms with Crippen molar-refractivity contribution in [2.24, 2.45) is 0 Å². The second kappa shape index (κ2) is 9.71. The molecular formula is C27H29N7O3S. The maximum absolute atomic E-state index is 12.9. The molecule has 10 nitrogen and oxygen atoms in total. The molecule has 11 heteroatoms. The van der Waals surface area contributed by atoms with Gasteiger partial charge >= 0.3 is 0 Å². The zero-order chi connectivity index (χ0) is 26.4. The van der Waals surface area contributed by atoms with Crippen LogP contribution < -0.4 is 15.8 Å². The topological polar surface area (TPSA) is 128 Å². The fraction of sp³-hybridized carbons (Fsp3) is 0.370. The predicted molar refractivity (Wildman–Crippen MR) is 146 cm³/mol. The number of benzene rings is 1. The van der Waals surface area contributed by atoms with E-state index in [1.165, 1.54) is 11.3 Å². The van der Waals surface area contributed by atoms with Crippen molar-refractivity contribution in [3.8, 4) is 17.0 Å². The molecule has 6 rings (SSSR count). The van der Waals surface area contributed by atoms with E-state index in [0.717, 1.165) is 35.5 Å². The van der Waals surface area contributed by atoms with Gasteiger partial charge in [-0.25, -0.2) is 15.0 Å². The summed E-state index contributed by atoms with van der Waals surface area (Å²) >= 11 is 1.42. The number of carbonyl (C=O) groups is 2. The molecule has 2 aliphatic rings. The molecule has 0 radical (unpaired) electrons. The Kier molecular flexibility index (Phi) is 6.22. The highest BCUT2D eigenvalue weighted by atomic mass is 32.1. The summed E-state index contributed by atoms with van der Waals surface area (Å²) in [5.41, 5.74) is 8.90. The number of piperidine rings is 1. The van der Waals surface area contributed by atoms with Gasteiger partial charge in [-0.2, -0.15) is 0 Å². The summed E-state index contributed by atoms with van der Waals surface area (Å²) in [6.45, 7) is 4.90. The number of rotatable bonds is 6. The van der Waals surface area contributed by atoms with Crippen LogP contribution in [0, 0.1) is 6.92 Å². The fourth-order valence-electron chi connectivity index (χ4n) is 5.56. The Hall–Kier alpha value is -3.99. The Balaban J connectivity index is 1.40. The lowest BCUT2D eigenvalue weighted by Gasteiger charge is -2.34. The molecule has 2 aliphatic heterocycles. The van der Waals surface area contributed by atoms with Gasteiger partial charge in [-0.15, -0.1) is 11.3 Å². The highest BCUT2D eigenvalue weighted by Crippen LogP contribution is 2.40. The third-order valence-corrected chi connectivity index (χ3v) is 8.16. The number of nitrogen functional groups attached to an aromatic ring is 1. The molecule has 0 aliphatic carbocycles. The summed E-state index contributed by atoms with van der Waals surface area (Å²) in [5.74, 6) is 1.78. The van der Waals surface area contributed by atoms with Crippen LogP contribution in [0.2, 0.25) is 0 Å². The van der Waals surface area contributed by atoms with E-state index in [9.17, 15) is 9.59 Å². The van der Waals surface area contributed by atoms with Crippen molar-refractivity contribution in [1.82, 2.24) is 24.3 Å². The molecular weight excluding hydrogens is 502 g/mol. The number of ether oxygens (including phenoxy) is 1. The first-order valence-electron chi connectivity index (χ1n) is 12.9. The second-order valence-electron chi connectivity index (χ2n) is 9.74. The highest BCUT2D eigenvalue weighted by Gasteiger charge is 2.38. The van der Waals surface area contributed by atoms with Gasteiger partial charge in [0.1, 0.15) is 28.6 Å². The smallest absolute Gasteiger partial charge is 0.257 e. The summed E-state index contributed by atoms with van der Waals surface area (Å²) in [4.78, 5) is 42.1. The van der Waals surface area contributed by atoms with Gasteiger partial charge in [-0.3, -0.25) is 19.3 Å². The molecule has 196 valence electrons. The minimum absolute atomic E-state index is 0.0821. The lowest BCUT2D eigenvalue weighted by Crippen LogP contribution is -2.41. The number of aryl methyl sites for hydroxylation is 1. The maximum atomic E-state index is 12.9. The number of fused-ring (bicyclic) bond motifs is 2. The molecule has 0 saturated carbocycles. The summed E-state index contributed by atoms with van der Waals surface area (Å²) in [6, 6.07) is 5.65. The molecule has 4 aromatic rings. The minimum atomic E-state index is -0.268. The van der Waals surface area contributed by atoms with Gasteiger partial charge in [0.15, 0.2) is 5.13 Å². The maximum Gasteiger partial charge on any atom is 0.257 e. The first-order chi connectivity index (χ1) is 18.4. The van der Waals surface area contributed by atoms with Gasteiger partial charge < -0.3 is 15.4 Å². The van der Waals surface area contributed by atoms with Crippen LogP contribution in [0.1, 0.15) is 59.6 Å². The fourth-order valence-corrected chi connectivity index (χ4v) is 6.22. The van der Waals surface area contributed by atoms with Crippen LogP contribution in [0.4, 0.5) is 10.9 Å². The number of nitrogens with zero attached hydrogens (tertiary/aromatic N) is 5. The van der Waals surface area contributed by atoms with Crippen molar-refractivity contribution < 1.29 is 14.3 Å². The van der Waals surface area contributed by atoms with Crippen LogP contribution in [0.15, 0.2) is 36.8 Å². The number of hydrogen-bond donors (Lipinski definition) is 2. The van der Waals surface area contributed by atoms with E-state index in [0.29, 0.717) is 59.1 Å². The number of nitrogens with one attached hydrogen (secondary N) is 1. The van der Waals surface area contributed by atoms with Gasteiger partial charge in [0.05, 0.1) is 6.61 Å². The van der Waals surface area contributed by atoms with Crippen molar-refractivity contribution in [2.45, 2.75) is 51.5 Å². The lowest BCUT2D eigenvalue weighted by molar-refractivity contribution is -0.130. The largest absolute Gasteiger partial charge is 0.493 e. The third kappa shape index (κ3) is 4.26. The van der Waals surface area contributed by atoms with E-state index in [1.54, 1.807) is 24.5 Å². The van der Waals surface area contributed by atoms with Crippen LogP contribution >= 0.6 is 11.3 Å². The van der Waals surface area contributed by atoms with Crippen LogP contribution in [0.5, 0.6) is 5.75 Å². The Bertz CT molecular complexity index is 1540. The first-order valence-corrected chi connectivity index (χ1v) is 13.7. The number of anilines is 2. The number of thiazole rings is 1. The molecule has 1 aromatic carbocycles. The molecule has 2 amide bonds. The van der Waals surface area contributed by atoms with E-state index in [1.807, 2.05) is 35.4 Å². The molecule has 2 fully saturated rings. The Morgan fingerprint density at radius 2 is 2.13 bits per heavy atom.